The van der Waals surface area contributed by atoms with Crippen LogP contribution in [0.4, 0.5) is 0 Å². The summed E-state index contributed by atoms with van der Waals surface area (Å²) in [7, 11) is -7.64. The molecule has 136 valence electrons. The van der Waals surface area contributed by atoms with Crippen molar-refractivity contribution in [2.75, 3.05) is 12.8 Å². The number of azide groups is 1. The van der Waals surface area contributed by atoms with E-state index in [0.717, 1.165) is 6.26 Å². The first-order valence-electron chi connectivity index (χ1n) is 7.36. The zero-order chi connectivity index (χ0) is 18.1. The average molecular weight is 371 g/mol. The Morgan fingerprint density at radius 1 is 1.13 bits per heavy atom. The lowest BCUT2D eigenvalue weighted by atomic mass is 10.2. The lowest BCUT2D eigenvalue weighted by Crippen LogP contribution is -2.23. The monoisotopic (exact) mass is 371 g/mol. The van der Waals surface area contributed by atoms with E-state index in [1.54, 1.807) is 27.7 Å². The van der Waals surface area contributed by atoms with Crippen molar-refractivity contribution >= 4 is 17.7 Å². The lowest BCUT2D eigenvalue weighted by Gasteiger charge is -2.29. The quantitative estimate of drug-likeness (QED) is 0.128. The Hall–Kier alpha value is -0.630. The van der Waals surface area contributed by atoms with Crippen LogP contribution < -0.4 is 0 Å². The number of unbranched alkanes of at least 4 members (excludes halogenated alkanes) is 1. The zero-order valence-corrected chi connectivity index (χ0v) is 15.9. The van der Waals surface area contributed by atoms with Crippen LogP contribution in [0.1, 0.15) is 47.0 Å². The van der Waals surface area contributed by atoms with Crippen molar-refractivity contribution in [3.05, 3.63) is 10.4 Å². The third-order valence-electron chi connectivity index (χ3n) is 2.38. The molecule has 0 fully saturated rings. The Labute approximate surface area is 138 Å². The predicted molar refractivity (Wildman–Crippen MR) is 87.6 cm³/mol. The smallest absolute Gasteiger partial charge is 0.304 e. The van der Waals surface area contributed by atoms with Gasteiger partial charge in [0.25, 0.3) is 10.1 Å². The van der Waals surface area contributed by atoms with Crippen LogP contribution in [0.15, 0.2) is 5.11 Å². The van der Waals surface area contributed by atoms with E-state index in [1.165, 1.54) is 0 Å². The van der Waals surface area contributed by atoms with Crippen molar-refractivity contribution in [1.29, 1.82) is 0 Å². The number of hydrogen-bond acceptors (Lipinski definition) is 7. The average Bonchev–Trinajstić information content (AvgIpc) is 2.33. The molecule has 0 aliphatic carbocycles. The van der Waals surface area contributed by atoms with Gasteiger partial charge in [-0.25, -0.2) is 0 Å². The Balaban J connectivity index is 5.21. The van der Waals surface area contributed by atoms with Crippen LogP contribution in [0.3, 0.4) is 0 Å². The second kappa shape index (κ2) is 10.3. The van der Waals surface area contributed by atoms with Crippen molar-refractivity contribution in [1.82, 2.24) is 0 Å². The van der Waals surface area contributed by atoms with Crippen LogP contribution in [0.25, 0.3) is 10.4 Å². The van der Waals surface area contributed by atoms with E-state index in [1.807, 2.05) is 0 Å². The highest BCUT2D eigenvalue weighted by Crippen LogP contribution is 2.57. The van der Waals surface area contributed by atoms with Crippen LogP contribution in [0.2, 0.25) is 0 Å². The van der Waals surface area contributed by atoms with Gasteiger partial charge in [-0.15, -0.1) is 0 Å². The van der Waals surface area contributed by atoms with Gasteiger partial charge in [0, 0.05) is 11.5 Å². The number of rotatable bonds is 12. The minimum atomic E-state index is -3.84. The summed E-state index contributed by atoms with van der Waals surface area (Å²) in [5.74, 6) is -1.23. The first kappa shape index (κ1) is 22.4. The second-order valence-corrected chi connectivity index (χ2v) is 9.23. The number of nitrogens with zero attached hydrogens (tertiary/aromatic N) is 3. The molecule has 0 bridgehead atoms. The first-order valence-corrected chi connectivity index (χ1v) is 10.8. The Kier molecular flexibility index (Phi) is 10.00. The third-order valence-corrected chi connectivity index (χ3v) is 5.60. The SMILES string of the molecule is CC(C)OP(=O)(OC(C)C)C(CCCCN=[N+]=[N-])OS(C)(=O)=O. The molecule has 0 saturated carbocycles. The summed E-state index contributed by atoms with van der Waals surface area (Å²) < 4.78 is 51.7. The molecular formula is C12H26N3O6PS. The molecule has 1 unspecified atom stereocenters. The fraction of sp³-hybridized carbons (Fsp3) is 1.00. The van der Waals surface area contributed by atoms with Crippen molar-refractivity contribution in [2.45, 2.75) is 65.0 Å². The Morgan fingerprint density at radius 3 is 2.04 bits per heavy atom. The molecule has 0 N–H and O–H groups in total. The van der Waals surface area contributed by atoms with E-state index in [9.17, 15) is 13.0 Å². The summed E-state index contributed by atoms with van der Waals surface area (Å²) >= 11 is 0. The Morgan fingerprint density at radius 2 is 1.65 bits per heavy atom. The molecule has 0 spiro atoms. The topological polar surface area (TPSA) is 128 Å². The van der Waals surface area contributed by atoms with Crippen molar-refractivity contribution in [2.24, 2.45) is 5.11 Å². The van der Waals surface area contributed by atoms with Crippen LogP contribution in [-0.4, -0.2) is 39.3 Å². The van der Waals surface area contributed by atoms with Gasteiger partial charge in [0.1, 0.15) is 0 Å². The molecule has 0 aromatic carbocycles. The van der Waals surface area contributed by atoms with E-state index in [0.29, 0.717) is 12.8 Å². The molecule has 0 aromatic heterocycles. The van der Waals surface area contributed by atoms with E-state index in [-0.39, 0.29) is 13.0 Å². The minimum absolute atomic E-state index is 0.144. The molecule has 23 heavy (non-hydrogen) atoms. The maximum Gasteiger partial charge on any atom is 0.361 e. The molecule has 0 heterocycles. The molecule has 0 aliphatic heterocycles. The van der Waals surface area contributed by atoms with Gasteiger partial charge in [-0.05, 0) is 46.1 Å². The van der Waals surface area contributed by atoms with Crippen LogP contribution >= 0.6 is 7.60 Å². The summed E-state index contributed by atoms with van der Waals surface area (Å²) in [4.78, 5) is 2.63. The summed E-state index contributed by atoms with van der Waals surface area (Å²) in [6, 6.07) is 0. The largest absolute Gasteiger partial charge is 0.361 e. The molecule has 0 saturated heterocycles. The molecule has 1 atom stereocenters. The number of hydrogen-bond donors (Lipinski definition) is 0. The van der Waals surface area contributed by atoms with Gasteiger partial charge in [0.15, 0.2) is 5.85 Å². The van der Waals surface area contributed by atoms with Gasteiger partial charge >= 0.3 is 7.60 Å². The molecule has 9 nitrogen and oxygen atoms in total. The molecule has 0 aliphatic rings. The van der Waals surface area contributed by atoms with E-state index < -0.39 is 35.8 Å². The van der Waals surface area contributed by atoms with Crippen LogP contribution in [0, 0.1) is 0 Å². The van der Waals surface area contributed by atoms with Crippen molar-refractivity contribution in [3.8, 4) is 0 Å². The van der Waals surface area contributed by atoms with E-state index in [4.69, 9.17) is 18.8 Å². The third kappa shape index (κ3) is 10.7. The van der Waals surface area contributed by atoms with Crippen molar-refractivity contribution in [3.63, 3.8) is 0 Å². The van der Waals surface area contributed by atoms with Crippen LogP contribution in [0.5, 0.6) is 0 Å². The van der Waals surface area contributed by atoms with Crippen LogP contribution in [-0.2, 0) is 27.9 Å². The summed E-state index contributed by atoms with van der Waals surface area (Å²) in [5, 5.41) is 3.39. The summed E-state index contributed by atoms with van der Waals surface area (Å²) in [6.45, 7) is 6.97. The van der Waals surface area contributed by atoms with Gasteiger partial charge in [0.05, 0.1) is 18.5 Å². The van der Waals surface area contributed by atoms with Gasteiger partial charge in [0.2, 0.25) is 0 Å². The minimum Gasteiger partial charge on any atom is -0.304 e. The molecule has 0 rings (SSSR count). The molecule has 11 heteroatoms. The normalized spacial score (nSPS) is 14.0. The fourth-order valence-corrected chi connectivity index (χ4v) is 5.14. The molecule has 0 amide bonds. The molecule has 0 radical (unpaired) electrons. The van der Waals surface area contributed by atoms with Gasteiger partial charge < -0.3 is 9.05 Å². The highest BCUT2D eigenvalue weighted by Gasteiger charge is 2.40. The predicted octanol–water partition coefficient (Wildman–Crippen LogP) is 3.81. The molecule has 0 aromatic rings. The highest BCUT2D eigenvalue weighted by atomic mass is 32.2. The Bertz CT molecular complexity index is 531. The highest BCUT2D eigenvalue weighted by molar-refractivity contribution is 7.86. The maximum absolute atomic E-state index is 13.0. The van der Waals surface area contributed by atoms with Gasteiger partial charge in [-0.2, -0.15) is 8.42 Å². The standard InChI is InChI=1S/C12H26N3O6PS/c1-10(2)19-22(16,20-11(3)4)12(21-23(5,17)18)8-6-7-9-14-15-13/h10-12H,6-9H2,1-5H3. The first-order chi connectivity index (χ1) is 10.5. The van der Waals surface area contributed by atoms with Gasteiger partial charge in [-0.1, -0.05) is 11.5 Å². The fourth-order valence-electron chi connectivity index (χ4n) is 1.76. The zero-order valence-electron chi connectivity index (χ0n) is 14.2. The van der Waals surface area contributed by atoms with E-state index >= 15 is 0 Å². The summed E-state index contributed by atoms with van der Waals surface area (Å²) in [5.41, 5.74) is 8.22. The maximum atomic E-state index is 13.0. The van der Waals surface area contributed by atoms with Gasteiger partial charge in [-0.3, -0.25) is 8.75 Å². The molecular weight excluding hydrogens is 345 g/mol. The van der Waals surface area contributed by atoms with E-state index in [2.05, 4.69) is 10.0 Å². The lowest BCUT2D eigenvalue weighted by molar-refractivity contribution is 0.107. The van der Waals surface area contributed by atoms with Crippen molar-refractivity contribution < 1.29 is 26.2 Å². The summed E-state index contributed by atoms with van der Waals surface area (Å²) in [6.07, 6.45) is 1.14. The second-order valence-electron chi connectivity index (χ2n) is 5.55.